The zero-order chi connectivity index (χ0) is 23.4. The van der Waals surface area contributed by atoms with Crippen molar-refractivity contribution in [1.82, 2.24) is 0 Å². The molecular weight excluding hydrogens is 368 g/mol. The van der Waals surface area contributed by atoms with Crippen LogP contribution >= 0.6 is 0 Å². The lowest BCUT2D eigenvalue weighted by molar-refractivity contribution is -0.112. The van der Waals surface area contributed by atoms with Crippen molar-refractivity contribution in [1.29, 1.82) is 0 Å². The Morgan fingerprint density at radius 3 is 1.63 bits per heavy atom. The first kappa shape index (κ1) is 26.7. The first-order chi connectivity index (χ1) is 13.9. The van der Waals surface area contributed by atoms with Gasteiger partial charge >= 0.3 is 0 Å². The van der Waals surface area contributed by atoms with Crippen LogP contribution in [0.4, 0.5) is 0 Å². The third kappa shape index (κ3) is 9.29. The largest absolute Gasteiger partial charge is 0.290 e. The fraction of sp³-hybridized carbons (Fsp3) is 0.214. The summed E-state index contributed by atoms with van der Waals surface area (Å²) in [6, 6.07) is 0. The predicted octanol–water partition coefficient (Wildman–Crippen LogP) is 7.29. The van der Waals surface area contributed by atoms with Crippen LogP contribution < -0.4 is 0 Å². The molecule has 0 aromatic carbocycles. The maximum absolute atomic E-state index is 12.0. The maximum Gasteiger partial charge on any atom is 0.185 e. The summed E-state index contributed by atoms with van der Waals surface area (Å²) >= 11 is 0. The van der Waals surface area contributed by atoms with Gasteiger partial charge in [-0.2, -0.15) is 0 Å². The molecule has 0 rings (SSSR count). The molecule has 158 valence electrons. The van der Waals surface area contributed by atoms with Crippen molar-refractivity contribution in [3.63, 3.8) is 0 Å². The minimum Gasteiger partial charge on any atom is -0.290 e. The molecule has 0 aliphatic rings. The van der Waals surface area contributed by atoms with Crippen molar-refractivity contribution in [2.45, 2.75) is 41.0 Å². The Balaban J connectivity index is 5.24. The first-order valence-corrected chi connectivity index (χ1v) is 9.81. The van der Waals surface area contributed by atoms with Crippen LogP contribution in [-0.2, 0) is 9.59 Å². The maximum atomic E-state index is 12.0. The molecule has 0 spiro atoms. The minimum absolute atomic E-state index is 0.0344. The number of hydrogen-bond acceptors (Lipinski definition) is 2. The van der Waals surface area contributed by atoms with Crippen molar-refractivity contribution in [3.8, 4) is 0 Å². The van der Waals surface area contributed by atoms with E-state index in [1.54, 1.807) is 6.08 Å². The SMILES string of the molecule is C=CC(=C)C(=O)C=C(C)C(=C)C=CC(=C)C(C)=CC=C(C)C(C)=CC(=O)C(=C)CC. The van der Waals surface area contributed by atoms with E-state index >= 15 is 0 Å². The van der Waals surface area contributed by atoms with Crippen LogP contribution in [0.15, 0.2) is 120 Å². The van der Waals surface area contributed by atoms with Crippen LogP contribution in [-0.4, -0.2) is 11.6 Å². The lowest BCUT2D eigenvalue weighted by Gasteiger charge is -2.04. The highest BCUT2D eigenvalue weighted by atomic mass is 16.1. The molecule has 2 heteroatoms. The zero-order valence-corrected chi connectivity index (χ0v) is 19.1. The fourth-order valence-electron chi connectivity index (χ4n) is 2.02. The molecular formula is C28H34O2. The van der Waals surface area contributed by atoms with Gasteiger partial charge in [-0.25, -0.2) is 0 Å². The van der Waals surface area contributed by atoms with Gasteiger partial charge in [0.1, 0.15) is 0 Å². The second-order valence-corrected chi connectivity index (χ2v) is 7.15. The molecule has 2 nitrogen and oxygen atoms in total. The molecule has 0 N–H and O–H groups in total. The lowest BCUT2D eigenvalue weighted by atomic mass is 10.0. The van der Waals surface area contributed by atoms with E-state index in [1.165, 1.54) is 12.2 Å². The van der Waals surface area contributed by atoms with Crippen LogP contribution in [0, 0.1) is 0 Å². The number of hydrogen-bond donors (Lipinski definition) is 0. The second-order valence-electron chi connectivity index (χ2n) is 7.15. The number of carbonyl (C=O) groups is 2. The van der Waals surface area contributed by atoms with E-state index in [4.69, 9.17) is 0 Å². The third-order valence-corrected chi connectivity index (χ3v) is 4.74. The molecule has 0 aromatic heterocycles. The van der Waals surface area contributed by atoms with Crippen LogP contribution in [0.25, 0.3) is 0 Å². The highest BCUT2D eigenvalue weighted by Crippen LogP contribution is 2.16. The quantitative estimate of drug-likeness (QED) is 0.254. The average Bonchev–Trinajstić information content (AvgIpc) is 2.73. The van der Waals surface area contributed by atoms with E-state index in [2.05, 4.69) is 32.9 Å². The minimum atomic E-state index is -0.183. The fourth-order valence-corrected chi connectivity index (χ4v) is 2.02. The summed E-state index contributed by atoms with van der Waals surface area (Å²) in [4.78, 5) is 23.9. The molecule has 30 heavy (non-hydrogen) atoms. The van der Waals surface area contributed by atoms with Crippen LogP contribution in [0.1, 0.15) is 41.0 Å². The Labute approximate surface area is 182 Å². The van der Waals surface area contributed by atoms with Gasteiger partial charge in [0.15, 0.2) is 11.6 Å². The van der Waals surface area contributed by atoms with Crippen molar-refractivity contribution in [3.05, 3.63) is 120 Å². The molecule has 0 fully saturated rings. The van der Waals surface area contributed by atoms with Gasteiger partial charge in [-0.05, 0) is 85.3 Å². The van der Waals surface area contributed by atoms with Crippen molar-refractivity contribution in [2.75, 3.05) is 0 Å². The van der Waals surface area contributed by atoms with Gasteiger partial charge in [0, 0.05) is 5.57 Å². The molecule has 0 amide bonds. The lowest BCUT2D eigenvalue weighted by Crippen LogP contribution is -1.97. The molecule has 0 aliphatic heterocycles. The van der Waals surface area contributed by atoms with Crippen LogP contribution in [0.3, 0.4) is 0 Å². The zero-order valence-electron chi connectivity index (χ0n) is 19.1. The standard InChI is InChI=1S/C28H34O2/c1-11-19(3)27(29)17-25(9)23(7)15-13-21(5)22(6)14-16-24(8)26(10)18-28(30)20(4)12-2/h11,13-18H,1,3-5,7,12H2,2,6,8-10H3. The van der Waals surface area contributed by atoms with Gasteiger partial charge in [-0.3, -0.25) is 9.59 Å². The Bertz CT molecular complexity index is 922. The molecule has 0 saturated carbocycles. The van der Waals surface area contributed by atoms with E-state index in [1.807, 2.05) is 58.9 Å². The molecule has 0 unspecified atom stereocenters. The molecule has 0 aromatic rings. The molecule has 0 aliphatic carbocycles. The molecule has 0 radical (unpaired) electrons. The molecule has 0 atom stereocenters. The van der Waals surface area contributed by atoms with Crippen molar-refractivity contribution >= 4 is 11.6 Å². The Morgan fingerprint density at radius 2 is 1.13 bits per heavy atom. The Morgan fingerprint density at radius 1 is 0.667 bits per heavy atom. The summed E-state index contributed by atoms with van der Waals surface area (Å²) in [5, 5.41) is 0. The van der Waals surface area contributed by atoms with E-state index in [9.17, 15) is 9.59 Å². The van der Waals surface area contributed by atoms with E-state index in [0.717, 1.165) is 27.9 Å². The highest BCUT2D eigenvalue weighted by Gasteiger charge is 2.04. The Kier molecular flexibility index (Phi) is 11.6. The molecule has 0 saturated heterocycles. The molecule has 0 heterocycles. The second kappa shape index (κ2) is 13.1. The monoisotopic (exact) mass is 402 g/mol. The summed E-state index contributed by atoms with van der Waals surface area (Å²) in [7, 11) is 0. The van der Waals surface area contributed by atoms with E-state index in [-0.39, 0.29) is 11.6 Å². The van der Waals surface area contributed by atoms with E-state index < -0.39 is 0 Å². The van der Waals surface area contributed by atoms with E-state index in [0.29, 0.717) is 23.1 Å². The summed E-state index contributed by atoms with van der Waals surface area (Å²) in [5.74, 6) is -0.218. The highest BCUT2D eigenvalue weighted by molar-refractivity contribution is 6.06. The topological polar surface area (TPSA) is 34.1 Å². The third-order valence-electron chi connectivity index (χ3n) is 4.74. The summed E-state index contributed by atoms with van der Waals surface area (Å²) in [6.45, 7) is 28.6. The van der Waals surface area contributed by atoms with Crippen LogP contribution in [0.2, 0.25) is 0 Å². The van der Waals surface area contributed by atoms with Crippen LogP contribution in [0.5, 0.6) is 0 Å². The van der Waals surface area contributed by atoms with Gasteiger partial charge in [0.25, 0.3) is 0 Å². The smallest absolute Gasteiger partial charge is 0.185 e. The molecule has 0 bridgehead atoms. The van der Waals surface area contributed by atoms with Gasteiger partial charge in [-0.1, -0.05) is 70.2 Å². The van der Waals surface area contributed by atoms with Gasteiger partial charge in [0.05, 0.1) is 0 Å². The summed E-state index contributed by atoms with van der Waals surface area (Å²) < 4.78 is 0. The van der Waals surface area contributed by atoms with Crippen molar-refractivity contribution < 1.29 is 9.59 Å². The Hall–Kier alpha value is -3.26. The summed E-state index contributed by atoms with van der Waals surface area (Å²) in [5.41, 5.74) is 6.12. The average molecular weight is 403 g/mol. The van der Waals surface area contributed by atoms with Gasteiger partial charge < -0.3 is 0 Å². The number of allylic oxidation sites excluding steroid dienone is 15. The van der Waals surface area contributed by atoms with Gasteiger partial charge in [-0.15, -0.1) is 0 Å². The normalized spacial score (nSPS) is 13.2. The number of ketones is 2. The predicted molar refractivity (Wildman–Crippen MR) is 131 cm³/mol. The number of rotatable bonds is 12. The summed E-state index contributed by atoms with van der Waals surface area (Å²) in [6.07, 6.45) is 12.8. The van der Waals surface area contributed by atoms with Crippen molar-refractivity contribution in [2.24, 2.45) is 0 Å². The first-order valence-electron chi connectivity index (χ1n) is 9.81. The van der Waals surface area contributed by atoms with Gasteiger partial charge in [0.2, 0.25) is 0 Å². The number of carbonyl (C=O) groups excluding carboxylic acids is 2.